The van der Waals surface area contributed by atoms with Crippen LogP contribution in [0.25, 0.3) is 10.8 Å². The van der Waals surface area contributed by atoms with Gasteiger partial charge in [-0.25, -0.2) is 16.8 Å². The Kier molecular flexibility index (Phi) is 7.85. The fourth-order valence-corrected chi connectivity index (χ4v) is 7.07. The molecule has 1 fully saturated rings. The highest BCUT2D eigenvalue weighted by molar-refractivity contribution is 7.93. The Morgan fingerprint density at radius 1 is 0.868 bits per heavy atom. The quantitative estimate of drug-likeness (QED) is 0.386. The Morgan fingerprint density at radius 3 is 1.97 bits per heavy atom. The topological polar surface area (TPSA) is 130 Å². The third-order valence-corrected chi connectivity index (χ3v) is 10.4. The lowest BCUT2D eigenvalue weighted by Crippen LogP contribution is -2.38. The van der Waals surface area contributed by atoms with E-state index in [1.165, 1.54) is 40.7 Å². The maximum absolute atomic E-state index is 13.4. The van der Waals surface area contributed by atoms with Gasteiger partial charge in [0.05, 0.1) is 15.2 Å². The number of benzene rings is 3. The molecule has 202 valence electrons. The lowest BCUT2D eigenvalue weighted by atomic mass is 9.95. The van der Waals surface area contributed by atoms with E-state index in [0.29, 0.717) is 5.69 Å². The lowest BCUT2D eigenvalue weighted by Gasteiger charge is -2.26. The van der Waals surface area contributed by atoms with E-state index in [2.05, 4.69) is 10.0 Å². The van der Waals surface area contributed by atoms with E-state index in [-0.39, 0.29) is 69.8 Å². The summed E-state index contributed by atoms with van der Waals surface area (Å²) in [5.74, 6) is -0.107. The summed E-state index contributed by atoms with van der Waals surface area (Å²) in [4.78, 5) is 23.8. The summed E-state index contributed by atoms with van der Waals surface area (Å²) in [5, 5.41) is 3.27. The Balaban J connectivity index is 1.62. The van der Waals surface area contributed by atoms with Crippen molar-refractivity contribution in [1.82, 2.24) is 4.31 Å². The first-order chi connectivity index (χ1) is 17.8. The van der Waals surface area contributed by atoms with Crippen molar-refractivity contribution in [2.75, 3.05) is 29.0 Å². The number of carbonyl (C=O) groups is 2. The molecule has 0 saturated carbocycles. The molecule has 4 rings (SSSR count). The molecule has 3 aromatic carbocycles. The molecule has 0 spiro atoms. The maximum atomic E-state index is 13.4. The number of ketones is 1. The largest absolute Gasteiger partial charge is 0.326 e. The Hall–Kier alpha value is -2.99. The number of amides is 1. The number of nitrogens with zero attached hydrogens (tertiary/aromatic N) is 1. The molecule has 0 unspecified atom stereocenters. The Labute approximate surface area is 227 Å². The number of fused-ring (bicyclic) bond motifs is 1. The van der Waals surface area contributed by atoms with Gasteiger partial charge in [0.2, 0.25) is 15.9 Å². The van der Waals surface area contributed by atoms with Crippen molar-refractivity contribution in [3.8, 4) is 0 Å². The molecule has 0 atom stereocenters. The average molecular weight is 578 g/mol. The summed E-state index contributed by atoms with van der Waals surface area (Å²) in [7, 11) is -8.04. The zero-order valence-electron chi connectivity index (χ0n) is 20.9. The van der Waals surface area contributed by atoms with Gasteiger partial charge in [-0.05, 0) is 50.2 Å². The second kappa shape index (κ2) is 10.6. The van der Waals surface area contributed by atoms with Crippen molar-refractivity contribution >= 4 is 65.5 Å². The van der Waals surface area contributed by atoms with E-state index in [4.69, 9.17) is 11.6 Å². The predicted molar refractivity (Wildman–Crippen MR) is 147 cm³/mol. The second-order valence-electron chi connectivity index (χ2n) is 9.70. The van der Waals surface area contributed by atoms with Gasteiger partial charge in [-0.15, -0.1) is 11.6 Å². The smallest absolute Gasteiger partial charge is 0.262 e. The minimum Gasteiger partial charge on any atom is -0.326 e. The van der Waals surface area contributed by atoms with Crippen LogP contribution in [-0.2, 0) is 29.6 Å². The Morgan fingerprint density at radius 2 is 1.39 bits per heavy atom. The molecule has 1 heterocycles. The molecule has 38 heavy (non-hydrogen) atoms. The number of nitrogens with one attached hydrogen (secondary N) is 2. The third-order valence-electron chi connectivity index (χ3n) is 6.37. The van der Waals surface area contributed by atoms with Crippen LogP contribution in [0.3, 0.4) is 0 Å². The molecule has 0 aliphatic carbocycles. The molecule has 1 aliphatic heterocycles. The van der Waals surface area contributed by atoms with Gasteiger partial charge in [0.15, 0.2) is 0 Å². The van der Waals surface area contributed by atoms with Crippen LogP contribution < -0.4 is 10.0 Å². The van der Waals surface area contributed by atoms with E-state index in [9.17, 15) is 26.4 Å². The first kappa shape index (κ1) is 28.0. The number of hydrogen-bond acceptors (Lipinski definition) is 6. The van der Waals surface area contributed by atoms with Crippen LogP contribution in [0.2, 0.25) is 0 Å². The van der Waals surface area contributed by atoms with Gasteiger partial charge >= 0.3 is 0 Å². The molecule has 1 amide bonds. The number of anilines is 2. The molecule has 0 aromatic heterocycles. The third kappa shape index (κ3) is 5.70. The van der Waals surface area contributed by atoms with Crippen molar-refractivity contribution in [2.45, 2.75) is 36.5 Å². The number of Topliss-reactive ketones (excluding diaryl/α,β-unsaturated/α-hetero) is 1. The highest BCUT2D eigenvalue weighted by Crippen LogP contribution is 2.32. The molecule has 1 saturated heterocycles. The van der Waals surface area contributed by atoms with Gasteiger partial charge in [-0.2, -0.15) is 4.31 Å². The molecule has 9 nitrogen and oxygen atoms in total. The van der Waals surface area contributed by atoms with Gasteiger partial charge in [0, 0.05) is 54.0 Å². The number of hydrogen-bond donors (Lipinski definition) is 2. The van der Waals surface area contributed by atoms with Crippen LogP contribution in [0.4, 0.5) is 11.4 Å². The van der Waals surface area contributed by atoms with Gasteiger partial charge in [0.1, 0.15) is 5.78 Å². The minimum absolute atomic E-state index is 0.0126. The number of sulfonamides is 2. The first-order valence-electron chi connectivity index (χ1n) is 11.9. The van der Waals surface area contributed by atoms with Crippen molar-refractivity contribution < 1.29 is 26.4 Å². The zero-order valence-corrected chi connectivity index (χ0v) is 23.3. The van der Waals surface area contributed by atoms with E-state index in [1.54, 1.807) is 38.1 Å². The summed E-state index contributed by atoms with van der Waals surface area (Å²) < 4.78 is 57.2. The molecule has 0 radical (unpaired) electrons. The zero-order chi connectivity index (χ0) is 27.7. The van der Waals surface area contributed by atoms with E-state index >= 15 is 0 Å². The van der Waals surface area contributed by atoms with Crippen LogP contribution >= 0.6 is 11.6 Å². The Bertz CT molecular complexity index is 1590. The number of piperidine rings is 1. The number of rotatable bonds is 8. The molecule has 3 aromatic rings. The standard InChI is InChI=1S/C26H28ClN3O6S2/c1-26(2,17-27)25(32)28-18-9-11-19(12-10-18)29-37(33,34)23-7-3-6-22-21(23)5-4-8-24(22)38(35,36)30-15-13-20(31)14-16-30/h3-12,29H,13-17H2,1-2H3,(H,28,32). The van der Waals surface area contributed by atoms with E-state index < -0.39 is 25.5 Å². The number of alkyl halides is 1. The van der Waals surface area contributed by atoms with Crippen LogP contribution in [0.15, 0.2) is 70.5 Å². The van der Waals surface area contributed by atoms with Crippen LogP contribution in [-0.4, -0.2) is 51.8 Å². The van der Waals surface area contributed by atoms with Crippen LogP contribution in [0.1, 0.15) is 26.7 Å². The average Bonchev–Trinajstić information content (AvgIpc) is 2.89. The molecule has 2 N–H and O–H groups in total. The summed E-state index contributed by atoms with van der Waals surface area (Å²) >= 11 is 5.85. The molecule has 1 aliphatic rings. The van der Waals surface area contributed by atoms with Crippen LogP contribution in [0, 0.1) is 5.41 Å². The van der Waals surface area contributed by atoms with E-state index in [1.807, 2.05) is 0 Å². The van der Waals surface area contributed by atoms with Crippen LogP contribution in [0.5, 0.6) is 0 Å². The second-order valence-corrected chi connectivity index (χ2v) is 13.5. The summed E-state index contributed by atoms with van der Waals surface area (Å²) in [5.41, 5.74) is -0.0255. The molecular weight excluding hydrogens is 550 g/mol. The van der Waals surface area contributed by atoms with Gasteiger partial charge in [0.25, 0.3) is 10.0 Å². The SMILES string of the molecule is CC(C)(CCl)C(=O)Nc1ccc(NS(=O)(=O)c2cccc3c(S(=O)(=O)N4CCC(=O)CC4)cccc23)cc1. The number of carbonyl (C=O) groups excluding carboxylic acids is 2. The van der Waals surface area contributed by atoms with E-state index in [0.717, 1.165) is 0 Å². The molecule has 12 heteroatoms. The monoisotopic (exact) mass is 577 g/mol. The van der Waals surface area contributed by atoms with Crippen molar-refractivity contribution in [2.24, 2.45) is 5.41 Å². The lowest BCUT2D eigenvalue weighted by molar-refractivity contribution is -0.123. The van der Waals surface area contributed by atoms with Crippen molar-refractivity contribution in [3.63, 3.8) is 0 Å². The first-order valence-corrected chi connectivity index (χ1v) is 15.3. The summed E-state index contributed by atoms with van der Waals surface area (Å²) in [6.07, 6.45) is 0.307. The highest BCUT2D eigenvalue weighted by atomic mass is 35.5. The van der Waals surface area contributed by atoms with Crippen molar-refractivity contribution in [3.05, 3.63) is 60.7 Å². The fraction of sp³-hybridized carbons (Fsp3) is 0.308. The van der Waals surface area contributed by atoms with Crippen molar-refractivity contribution in [1.29, 1.82) is 0 Å². The van der Waals surface area contributed by atoms with Gasteiger partial charge < -0.3 is 5.32 Å². The normalized spacial score (nSPS) is 15.4. The molecular formula is C26H28ClN3O6S2. The summed E-state index contributed by atoms with van der Waals surface area (Å²) in [6.45, 7) is 3.62. The maximum Gasteiger partial charge on any atom is 0.262 e. The predicted octanol–water partition coefficient (Wildman–Crippen LogP) is 4.20. The minimum atomic E-state index is -4.11. The molecule has 0 bridgehead atoms. The highest BCUT2D eigenvalue weighted by Gasteiger charge is 2.31. The fourth-order valence-electron chi connectivity index (χ4n) is 4.02. The number of halogens is 1. The van der Waals surface area contributed by atoms with Gasteiger partial charge in [-0.3, -0.25) is 14.3 Å². The summed E-state index contributed by atoms with van der Waals surface area (Å²) in [6, 6.07) is 15.1. The van der Waals surface area contributed by atoms with Gasteiger partial charge in [-0.1, -0.05) is 24.3 Å².